The Kier molecular flexibility index (Phi) is 18.2. The van der Waals surface area contributed by atoms with Crippen molar-refractivity contribution in [3.05, 3.63) is 0 Å². The Labute approximate surface area is 146 Å². The van der Waals surface area contributed by atoms with Crippen molar-refractivity contribution >= 4 is 0 Å². The number of piperazine rings is 1. The molecule has 1 N–H and O–H groups in total. The Morgan fingerprint density at radius 3 is 1.74 bits per heavy atom. The summed E-state index contributed by atoms with van der Waals surface area (Å²) < 4.78 is 0. The van der Waals surface area contributed by atoms with Crippen molar-refractivity contribution in [3.8, 4) is 0 Å². The molecule has 4 nitrogen and oxygen atoms in total. The molecule has 0 amide bonds. The predicted octanol–water partition coefficient (Wildman–Crippen LogP) is 3.02. The van der Waals surface area contributed by atoms with E-state index >= 15 is 0 Å². The third-order valence-electron chi connectivity index (χ3n) is 4.25. The Morgan fingerprint density at radius 1 is 0.870 bits per heavy atom. The second-order valence-electron chi connectivity index (χ2n) is 6.39. The van der Waals surface area contributed by atoms with Crippen LogP contribution in [0.2, 0.25) is 0 Å². The van der Waals surface area contributed by atoms with E-state index in [9.17, 15) is 0 Å². The highest BCUT2D eigenvalue weighted by Crippen LogP contribution is 2.13. The lowest BCUT2D eigenvalue weighted by molar-refractivity contribution is 0.126. The van der Waals surface area contributed by atoms with E-state index in [4.69, 9.17) is 5.11 Å². The Hall–Kier alpha value is -0.160. The third kappa shape index (κ3) is 12.9. The molecule has 4 heteroatoms. The molecule has 23 heavy (non-hydrogen) atoms. The van der Waals surface area contributed by atoms with Crippen molar-refractivity contribution in [1.82, 2.24) is 14.7 Å². The third-order valence-corrected chi connectivity index (χ3v) is 4.25. The summed E-state index contributed by atoms with van der Waals surface area (Å²) in [6, 6.07) is 0.730. The first-order valence-corrected chi connectivity index (χ1v) is 9.75. The molecule has 2 saturated heterocycles. The molecule has 2 fully saturated rings. The van der Waals surface area contributed by atoms with Gasteiger partial charge in [0.25, 0.3) is 0 Å². The molecule has 2 heterocycles. The van der Waals surface area contributed by atoms with E-state index in [1.54, 1.807) is 0 Å². The summed E-state index contributed by atoms with van der Waals surface area (Å²) in [5, 5.41) is 8.78. The van der Waals surface area contributed by atoms with Gasteiger partial charge in [0.05, 0.1) is 0 Å². The first-order valence-electron chi connectivity index (χ1n) is 9.75. The van der Waals surface area contributed by atoms with Crippen LogP contribution < -0.4 is 0 Å². The van der Waals surface area contributed by atoms with Gasteiger partial charge in [-0.3, -0.25) is 4.90 Å². The summed E-state index contributed by atoms with van der Waals surface area (Å²) in [5.74, 6) is 0.545. The number of nitrogens with zero attached hydrogens (tertiary/aromatic N) is 3. The van der Waals surface area contributed by atoms with Gasteiger partial charge in [-0.2, -0.15) is 0 Å². The molecule has 0 aromatic heterocycles. The van der Waals surface area contributed by atoms with Crippen LogP contribution in [-0.4, -0.2) is 85.8 Å². The molecule has 0 aliphatic carbocycles. The first-order chi connectivity index (χ1) is 11.0. The number of piperidine rings is 1. The summed E-state index contributed by atoms with van der Waals surface area (Å²) in [4.78, 5) is 7.20. The van der Waals surface area contributed by atoms with Crippen LogP contribution in [0.1, 0.15) is 54.4 Å². The van der Waals surface area contributed by atoms with Crippen LogP contribution in [0.4, 0.5) is 0 Å². The average molecular weight is 332 g/mol. The van der Waals surface area contributed by atoms with Crippen molar-refractivity contribution in [2.24, 2.45) is 5.92 Å². The van der Waals surface area contributed by atoms with Crippen molar-refractivity contribution < 1.29 is 5.11 Å². The van der Waals surface area contributed by atoms with Crippen molar-refractivity contribution in [2.75, 3.05) is 60.0 Å². The number of aliphatic hydroxyl groups excluding tert-OH is 1. The Balaban J connectivity index is 0. The highest BCUT2D eigenvalue weighted by molar-refractivity contribution is 4.71. The fourth-order valence-corrected chi connectivity index (χ4v) is 2.76. The summed E-state index contributed by atoms with van der Waals surface area (Å²) in [6.07, 6.45) is 2.46. The van der Waals surface area contributed by atoms with E-state index in [-0.39, 0.29) is 0 Å². The second kappa shape index (κ2) is 16.7. The molecular weight excluding hydrogens is 286 g/mol. The molecule has 0 aromatic carbocycles. The lowest BCUT2D eigenvalue weighted by Crippen LogP contribution is -2.47. The fraction of sp³-hybridized carbons (Fsp3) is 1.00. The van der Waals surface area contributed by atoms with Gasteiger partial charge in [0.1, 0.15) is 0 Å². The maximum atomic E-state index is 8.78. The Morgan fingerprint density at radius 2 is 1.39 bits per heavy atom. The molecule has 0 saturated carbocycles. The molecule has 0 radical (unpaired) electrons. The minimum absolute atomic E-state index is 0.365. The van der Waals surface area contributed by atoms with Crippen LogP contribution >= 0.6 is 0 Å². The van der Waals surface area contributed by atoms with Crippen LogP contribution in [0.3, 0.4) is 0 Å². The first kappa shape index (κ1) is 25.1. The highest BCUT2D eigenvalue weighted by Gasteiger charge is 2.15. The number of likely N-dealkylation sites (tertiary alicyclic amines) is 1. The molecule has 1 atom stereocenters. The van der Waals surface area contributed by atoms with Gasteiger partial charge in [-0.25, -0.2) is 0 Å². The van der Waals surface area contributed by atoms with E-state index in [2.05, 4.69) is 42.6 Å². The zero-order valence-corrected chi connectivity index (χ0v) is 17.3. The zero-order chi connectivity index (χ0) is 18.3. The van der Waals surface area contributed by atoms with Crippen LogP contribution in [0, 0.1) is 5.92 Å². The van der Waals surface area contributed by atoms with Crippen LogP contribution in [0.5, 0.6) is 0 Å². The zero-order valence-electron chi connectivity index (χ0n) is 17.3. The van der Waals surface area contributed by atoms with Gasteiger partial charge in [0, 0.05) is 45.4 Å². The lowest BCUT2D eigenvalue weighted by Gasteiger charge is -2.34. The van der Waals surface area contributed by atoms with Gasteiger partial charge in [-0.15, -0.1) is 0 Å². The van der Waals surface area contributed by atoms with Crippen molar-refractivity contribution in [2.45, 2.75) is 60.4 Å². The standard InChI is InChI=1S/C8H18N2.C7H15NO.2C2H6/c1-8(2)10-6-4-9(3)5-7-10;1-8-4-2-3-7(5-8)6-9;2*1-2/h8H,4-7H2,1-3H3;7,9H,2-6H2,1H3;2*1-2H3. The van der Waals surface area contributed by atoms with Gasteiger partial charge in [0.2, 0.25) is 0 Å². The minimum atomic E-state index is 0.365. The summed E-state index contributed by atoms with van der Waals surface area (Å²) in [6.45, 7) is 20.1. The number of aliphatic hydroxyl groups is 1. The van der Waals surface area contributed by atoms with Gasteiger partial charge in [0.15, 0.2) is 0 Å². The fourth-order valence-electron chi connectivity index (χ4n) is 2.76. The minimum Gasteiger partial charge on any atom is -0.396 e. The second-order valence-corrected chi connectivity index (χ2v) is 6.39. The number of rotatable bonds is 2. The van der Waals surface area contributed by atoms with E-state index < -0.39 is 0 Å². The van der Waals surface area contributed by atoms with Crippen LogP contribution in [0.15, 0.2) is 0 Å². The van der Waals surface area contributed by atoms with E-state index in [1.807, 2.05) is 27.7 Å². The predicted molar refractivity (Wildman–Crippen MR) is 104 cm³/mol. The maximum absolute atomic E-state index is 8.78. The molecule has 142 valence electrons. The smallest absolute Gasteiger partial charge is 0.0471 e. The Bertz CT molecular complexity index is 229. The number of hydrogen-bond acceptors (Lipinski definition) is 4. The molecule has 0 aromatic rings. The molecular formula is C19H45N3O. The molecule has 0 spiro atoms. The largest absolute Gasteiger partial charge is 0.396 e. The molecule has 0 bridgehead atoms. The topological polar surface area (TPSA) is 30.0 Å². The van der Waals surface area contributed by atoms with Gasteiger partial charge < -0.3 is 14.9 Å². The molecule has 1 unspecified atom stereocenters. The monoisotopic (exact) mass is 331 g/mol. The van der Waals surface area contributed by atoms with E-state index in [1.165, 1.54) is 45.6 Å². The summed E-state index contributed by atoms with van der Waals surface area (Å²) >= 11 is 0. The van der Waals surface area contributed by atoms with Crippen molar-refractivity contribution in [1.29, 1.82) is 0 Å². The van der Waals surface area contributed by atoms with E-state index in [0.717, 1.165) is 12.6 Å². The van der Waals surface area contributed by atoms with E-state index in [0.29, 0.717) is 12.5 Å². The lowest BCUT2D eigenvalue weighted by atomic mass is 10.00. The number of likely N-dealkylation sites (N-methyl/N-ethyl adjacent to an activating group) is 1. The van der Waals surface area contributed by atoms with Crippen molar-refractivity contribution in [3.63, 3.8) is 0 Å². The molecule has 2 aliphatic rings. The van der Waals surface area contributed by atoms with Gasteiger partial charge in [-0.1, -0.05) is 27.7 Å². The average Bonchev–Trinajstić information content (AvgIpc) is 2.59. The molecule has 2 aliphatic heterocycles. The summed E-state index contributed by atoms with van der Waals surface area (Å²) in [5.41, 5.74) is 0. The highest BCUT2D eigenvalue weighted by atomic mass is 16.3. The van der Waals surface area contributed by atoms with Gasteiger partial charge in [-0.05, 0) is 53.2 Å². The van der Waals surface area contributed by atoms with Crippen LogP contribution in [0.25, 0.3) is 0 Å². The SMILES string of the molecule is CC.CC.CC(C)N1CCN(C)CC1.CN1CCCC(CO)C1. The number of hydrogen-bond donors (Lipinski definition) is 1. The van der Waals surface area contributed by atoms with Crippen LogP contribution in [-0.2, 0) is 0 Å². The quantitative estimate of drug-likeness (QED) is 0.842. The summed E-state index contributed by atoms with van der Waals surface area (Å²) in [7, 11) is 4.31. The molecule has 2 rings (SSSR count). The van der Waals surface area contributed by atoms with Gasteiger partial charge >= 0.3 is 0 Å². The normalized spacial score (nSPS) is 23.0. The maximum Gasteiger partial charge on any atom is 0.0471 e.